The molecule has 0 saturated carbocycles. The van der Waals surface area contributed by atoms with Gasteiger partial charge >= 0.3 is 11.9 Å². The molecule has 326 valence electrons. The second-order valence-corrected chi connectivity index (χ2v) is 18.3. The van der Waals surface area contributed by atoms with E-state index < -0.39 is 5.97 Å². The van der Waals surface area contributed by atoms with E-state index in [4.69, 9.17) is 19.3 Å². The molecule has 4 aromatic carbocycles. The highest BCUT2D eigenvalue weighted by Gasteiger charge is 2.42. The molecule has 2 heterocycles. The van der Waals surface area contributed by atoms with Gasteiger partial charge < -0.3 is 29.5 Å². The van der Waals surface area contributed by atoms with Gasteiger partial charge in [-0.2, -0.15) is 0 Å². The summed E-state index contributed by atoms with van der Waals surface area (Å²) in [5.74, 6) is 4.24. The van der Waals surface area contributed by atoms with Crippen molar-refractivity contribution < 1.29 is 39.1 Å². The molecular weight excluding hydrogens is 793 g/mol. The van der Waals surface area contributed by atoms with Crippen LogP contribution in [-0.4, -0.2) is 60.1 Å². The summed E-state index contributed by atoms with van der Waals surface area (Å²) < 4.78 is 15.5. The lowest BCUT2D eigenvalue weighted by atomic mass is 9.68. The highest BCUT2D eigenvalue weighted by atomic mass is 32.2. The first kappa shape index (κ1) is 48.4. The van der Waals surface area contributed by atoms with Gasteiger partial charge in [-0.3, -0.25) is 9.59 Å². The molecule has 6 rings (SSSR count). The van der Waals surface area contributed by atoms with E-state index in [9.17, 15) is 19.8 Å². The monoisotopic (exact) mass is 858 g/mol. The van der Waals surface area contributed by atoms with Gasteiger partial charge in [-0.15, -0.1) is 23.5 Å². The van der Waals surface area contributed by atoms with Crippen LogP contribution in [0.15, 0.2) is 94.7 Å². The third kappa shape index (κ3) is 12.4. The minimum Gasteiger partial charge on any atom is -0.508 e. The summed E-state index contributed by atoms with van der Waals surface area (Å²) in [6.07, 6.45) is 10.9. The number of carboxylic acid groups (broad SMARTS) is 1. The van der Waals surface area contributed by atoms with Crippen molar-refractivity contribution in [3.8, 4) is 23.0 Å². The summed E-state index contributed by atoms with van der Waals surface area (Å²) in [5.41, 5.74) is 5.25. The maximum atomic E-state index is 11.3. The number of methoxy groups -OCH3 is 3. The Hall–Kier alpha value is -4.28. The van der Waals surface area contributed by atoms with Crippen molar-refractivity contribution in [2.75, 3.05) is 32.8 Å². The molecular formula is C50H66O8S2. The molecule has 0 spiro atoms. The van der Waals surface area contributed by atoms with Crippen molar-refractivity contribution in [3.05, 3.63) is 107 Å². The standard InChI is InChI=1S/C25H32O4S.C24H30O4S.CH4/c1-25(18-10-12-19(28-2)13-11-18)17-30-23-16-20(29-3)14-15-21(23)22(25)8-6-4-5-7-9-24(26)27;1-24(17-9-11-18(25)12-10-17)16-29-22-15-19(26)13-14-20(22)21(24)7-5-3-4-6-8-23(27)28-2;/h10-16,22H,4-9,17H2,1-3H3,(H,26,27);9-15,21,25-26H,3-8,16H2,1-2H3;1H4/t;21-,24-;/m.1./s1. The number of aliphatic carboxylic acids is 1. The maximum Gasteiger partial charge on any atom is 0.305 e. The van der Waals surface area contributed by atoms with Crippen molar-refractivity contribution in [1.29, 1.82) is 0 Å². The second-order valence-electron chi connectivity index (χ2n) is 16.3. The molecule has 0 bridgehead atoms. The minimum atomic E-state index is -0.700. The van der Waals surface area contributed by atoms with E-state index in [0.717, 1.165) is 92.1 Å². The van der Waals surface area contributed by atoms with Crippen LogP contribution in [0.3, 0.4) is 0 Å². The average Bonchev–Trinajstić information content (AvgIpc) is 3.24. The highest BCUT2D eigenvalue weighted by Crippen LogP contribution is 2.54. The average molecular weight is 859 g/mol. The zero-order chi connectivity index (χ0) is 42.4. The van der Waals surface area contributed by atoms with Crippen LogP contribution in [0.1, 0.15) is 132 Å². The number of phenolic OH excluding ortho intramolecular Hbond substituents is 2. The van der Waals surface area contributed by atoms with Crippen LogP contribution < -0.4 is 9.47 Å². The summed E-state index contributed by atoms with van der Waals surface area (Å²) in [6, 6.07) is 28.3. The Morgan fingerprint density at radius 2 is 1.05 bits per heavy atom. The Kier molecular flexibility index (Phi) is 18.6. The molecule has 0 radical (unpaired) electrons. The summed E-state index contributed by atoms with van der Waals surface area (Å²) >= 11 is 3.70. The van der Waals surface area contributed by atoms with Gasteiger partial charge in [-0.25, -0.2) is 0 Å². The first-order valence-electron chi connectivity index (χ1n) is 20.9. The summed E-state index contributed by atoms with van der Waals surface area (Å²) in [6.45, 7) is 4.69. The smallest absolute Gasteiger partial charge is 0.305 e. The van der Waals surface area contributed by atoms with Gasteiger partial charge in [0.25, 0.3) is 0 Å². The third-order valence-corrected chi connectivity index (χ3v) is 15.1. The first-order valence-corrected chi connectivity index (χ1v) is 22.9. The molecule has 4 aromatic rings. The van der Waals surface area contributed by atoms with Crippen LogP contribution in [0.5, 0.6) is 23.0 Å². The zero-order valence-corrected chi connectivity index (χ0v) is 37.0. The summed E-state index contributed by atoms with van der Waals surface area (Å²) in [5, 5.41) is 28.5. The Morgan fingerprint density at radius 1 is 0.600 bits per heavy atom. The molecule has 0 saturated heterocycles. The van der Waals surface area contributed by atoms with Crippen molar-refractivity contribution in [1.82, 2.24) is 0 Å². The zero-order valence-electron chi connectivity index (χ0n) is 35.3. The number of hydrogen-bond acceptors (Lipinski definition) is 9. The van der Waals surface area contributed by atoms with E-state index in [1.807, 2.05) is 30.0 Å². The second kappa shape index (κ2) is 23.1. The fraction of sp³-hybridized carbons (Fsp3) is 0.480. The number of carboxylic acids is 1. The van der Waals surface area contributed by atoms with E-state index in [1.165, 1.54) is 34.3 Å². The van der Waals surface area contributed by atoms with Crippen LogP contribution in [0, 0.1) is 0 Å². The quantitative estimate of drug-likeness (QED) is 0.0658. The Morgan fingerprint density at radius 3 is 1.57 bits per heavy atom. The van der Waals surface area contributed by atoms with Crippen molar-refractivity contribution in [3.63, 3.8) is 0 Å². The van der Waals surface area contributed by atoms with E-state index in [-0.39, 0.29) is 36.4 Å². The predicted octanol–water partition coefficient (Wildman–Crippen LogP) is 12.7. The molecule has 0 aromatic heterocycles. The summed E-state index contributed by atoms with van der Waals surface area (Å²) in [7, 11) is 4.85. The lowest BCUT2D eigenvalue weighted by Gasteiger charge is -2.43. The van der Waals surface area contributed by atoms with Gasteiger partial charge in [-0.05, 0) is 108 Å². The third-order valence-electron chi connectivity index (χ3n) is 12.3. The van der Waals surface area contributed by atoms with Crippen LogP contribution in [0.25, 0.3) is 0 Å². The van der Waals surface area contributed by atoms with Crippen molar-refractivity contribution in [2.24, 2.45) is 0 Å². The molecule has 2 aliphatic heterocycles. The normalized spacial score (nSPS) is 20.3. The number of fused-ring (bicyclic) bond motifs is 2. The van der Waals surface area contributed by atoms with Gasteiger partial charge in [0.1, 0.15) is 23.0 Å². The predicted molar refractivity (Wildman–Crippen MR) is 246 cm³/mol. The number of ether oxygens (including phenoxy) is 3. The molecule has 0 amide bonds. The van der Waals surface area contributed by atoms with Crippen LogP contribution in [-0.2, 0) is 25.2 Å². The molecule has 4 atom stereocenters. The number of aromatic hydroxyl groups is 2. The van der Waals surface area contributed by atoms with Crippen LogP contribution >= 0.6 is 23.5 Å². The number of esters is 1. The molecule has 0 fully saturated rings. The lowest BCUT2D eigenvalue weighted by molar-refractivity contribution is -0.141. The van der Waals surface area contributed by atoms with E-state index >= 15 is 0 Å². The Balaban J connectivity index is 0.000000260. The number of carbonyl (C=O) groups is 2. The number of phenols is 2. The highest BCUT2D eigenvalue weighted by molar-refractivity contribution is 7.99. The Labute approximate surface area is 366 Å². The van der Waals surface area contributed by atoms with Crippen LogP contribution in [0.2, 0.25) is 0 Å². The number of hydrogen-bond donors (Lipinski definition) is 3. The topological polar surface area (TPSA) is 123 Å². The van der Waals surface area contributed by atoms with E-state index in [1.54, 1.807) is 44.2 Å². The Bertz CT molecular complexity index is 1970. The fourth-order valence-electron chi connectivity index (χ4n) is 8.72. The number of rotatable bonds is 18. The van der Waals surface area contributed by atoms with Crippen LogP contribution in [0.4, 0.5) is 0 Å². The molecule has 8 nitrogen and oxygen atoms in total. The summed E-state index contributed by atoms with van der Waals surface area (Å²) in [4.78, 5) is 24.5. The van der Waals surface area contributed by atoms with Gasteiger partial charge in [0, 0.05) is 45.0 Å². The van der Waals surface area contributed by atoms with Crippen molar-refractivity contribution in [2.45, 2.75) is 131 Å². The van der Waals surface area contributed by atoms with Crippen molar-refractivity contribution >= 4 is 35.5 Å². The van der Waals surface area contributed by atoms with E-state index in [2.05, 4.69) is 62.4 Å². The molecule has 2 unspecified atom stereocenters. The number of carbonyl (C=O) groups excluding carboxylic acids is 1. The molecule has 2 aliphatic rings. The number of thioether (sulfide) groups is 2. The SMILES string of the molecule is C.COC(=O)CCCCCC[C@@H]1c2ccc(O)cc2SC[C@]1(C)c1ccc(O)cc1.COc1ccc(C2(C)CSc3cc(OC)ccc3C2CCCCCCC(=O)O)cc1. The molecule has 3 N–H and O–H groups in total. The molecule has 0 aliphatic carbocycles. The fourth-order valence-corrected chi connectivity index (χ4v) is 11.5. The number of benzene rings is 4. The maximum absolute atomic E-state index is 11.3. The molecule has 10 heteroatoms. The van der Waals surface area contributed by atoms with Gasteiger partial charge in [-0.1, -0.05) is 96.2 Å². The minimum absolute atomic E-state index is 0. The molecule has 60 heavy (non-hydrogen) atoms. The lowest BCUT2D eigenvalue weighted by Crippen LogP contribution is -2.36. The first-order chi connectivity index (χ1) is 28.4. The van der Waals surface area contributed by atoms with Gasteiger partial charge in [0.05, 0.1) is 21.3 Å². The van der Waals surface area contributed by atoms with Gasteiger partial charge in [0.15, 0.2) is 0 Å². The van der Waals surface area contributed by atoms with E-state index in [0.29, 0.717) is 24.0 Å². The largest absolute Gasteiger partial charge is 0.508 e. The number of unbranched alkanes of at least 4 members (excludes halogenated alkanes) is 6. The van der Waals surface area contributed by atoms with Gasteiger partial charge in [0.2, 0.25) is 0 Å².